The summed E-state index contributed by atoms with van der Waals surface area (Å²) in [7, 11) is 0. The molecule has 0 aliphatic rings. The van der Waals surface area contributed by atoms with Crippen LogP contribution < -0.4 is 0 Å². The van der Waals surface area contributed by atoms with Crippen molar-refractivity contribution < 1.29 is 14.1 Å². The van der Waals surface area contributed by atoms with Crippen molar-refractivity contribution >= 4 is 5.82 Å². The zero-order valence-corrected chi connectivity index (χ0v) is 6.97. The molecule has 0 bridgehead atoms. The first-order chi connectivity index (χ1) is 7.25. The molecule has 1 atom stereocenters. The van der Waals surface area contributed by atoms with Gasteiger partial charge in [-0.1, -0.05) is 0 Å². The van der Waals surface area contributed by atoms with Crippen LogP contribution in [0.4, 0.5) is 5.82 Å². The van der Waals surface area contributed by atoms with E-state index >= 15 is 0 Å². The lowest BCUT2D eigenvalue weighted by atomic mass is 10.4. The number of hydrogen-bond acceptors (Lipinski definition) is 4. The van der Waals surface area contributed by atoms with Gasteiger partial charge in [-0.15, -0.1) is 0 Å². The standard InChI is InChI=1S/C7H11N3O3/c1-5(11)4-9-6(2)8-3-7(9)10(12)13/h3,5,11H,4H2,1-2H3/i1D2,5D. The zero-order valence-electron chi connectivity index (χ0n) is 9.97. The van der Waals surface area contributed by atoms with Gasteiger partial charge in [0.1, 0.15) is 12.7 Å². The van der Waals surface area contributed by atoms with Gasteiger partial charge >= 0.3 is 5.82 Å². The number of nitrogens with zero attached hydrogens (tertiary/aromatic N) is 3. The van der Waals surface area contributed by atoms with E-state index in [0.717, 1.165) is 10.8 Å². The molecule has 0 amide bonds. The van der Waals surface area contributed by atoms with E-state index in [4.69, 9.17) is 4.11 Å². The minimum atomic E-state index is -2.41. The Balaban J connectivity index is 3.05. The maximum absolute atomic E-state index is 10.6. The van der Waals surface area contributed by atoms with Crippen LogP contribution in [0.1, 0.15) is 16.8 Å². The number of aryl methyl sites for hydroxylation is 1. The molecule has 0 spiro atoms. The average molecular weight is 188 g/mol. The molecule has 72 valence electrons. The van der Waals surface area contributed by atoms with Gasteiger partial charge in [0, 0.05) is 9.67 Å². The van der Waals surface area contributed by atoms with Gasteiger partial charge in [0.05, 0.1) is 7.45 Å². The van der Waals surface area contributed by atoms with Gasteiger partial charge in [0.2, 0.25) is 0 Å². The lowest BCUT2D eigenvalue weighted by molar-refractivity contribution is -0.392. The number of hydrogen-bond donors (Lipinski definition) is 1. The van der Waals surface area contributed by atoms with E-state index < -0.39 is 24.4 Å². The molecule has 0 aliphatic heterocycles. The summed E-state index contributed by atoms with van der Waals surface area (Å²) in [4.78, 5) is 13.6. The molecular weight excluding hydrogens is 174 g/mol. The van der Waals surface area contributed by atoms with Gasteiger partial charge in [0.25, 0.3) is 0 Å². The van der Waals surface area contributed by atoms with E-state index in [-0.39, 0.29) is 11.6 Å². The molecule has 0 saturated heterocycles. The van der Waals surface area contributed by atoms with Crippen LogP contribution in [0.25, 0.3) is 0 Å². The summed E-state index contributed by atoms with van der Waals surface area (Å²) in [6.07, 6.45) is -1.40. The Morgan fingerprint density at radius 3 is 3.31 bits per heavy atom. The van der Waals surface area contributed by atoms with Crippen LogP contribution in [-0.2, 0) is 6.54 Å². The highest BCUT2D eigenvalue weighted by molar-refractivity contribution is 5.18. The molecular formula is C7H11N3O3. The third kappa shape index (κ3) is 2.03. The van der Waals surface area contributed by atoms with Crippen molar-refractivity contribution in [1.29, 1.82) is 0 Å². The fourth-order valence-corrected chi connectivity index (χ4v) is 0.959. The second-order valence-corrected chi connectivity index (χ2v) is 2.50. The van der Waals surface area contributed by atoms with Gasteiger partial charge in [-0.3, -0.25) is 0 Å². The number of aliphatic hydroxyl groups is 1. The molecule has 1 heterocycles. The van der Waals surface area contributed by atoms with Gasteiger partial charge in [-0.2, -0.15) is 0 Å². The van der Waals surface area contributed by atoms with Crippen LogP contribution in [0, 0.1) is 17.0 Å². The maximum Gasteiger partial charge on any atom is 0.342 e. The number of imidazole rings is 1. The molecule has 1 aromatic heterocycles. The van der Waals surface area contributed by atoms with Crippen LogP contribution in [0.15, 0.2) is 6.20 Å². The fraction of sp³-hybridized carbons (Fsp3) is 0.571. The predicted molar refractivity (Wildman–Crippen MR) is 45.3 cm³/mol. The van der Waals surface area contributed by atoms with E-state index in [1.165, 1.54) is 6.92 Å². The Labute approximate surface area is 79.2 Å². The molecule has 1 unspecified atom stereocenters. The quantitative estimate of drug-likeness (QED) is 0.552. The first kappa shape index (κ1) is 6.09. The van der Waals surface area contributed by atoms with Crippen LogP contribution in [0.5, 0.6) is 0 Å². The van der Waals surface area contributed by atoms with Crippen molar-refractivity contribution in [3.63, 3.8) is 0 Å². The summed E-state index contributed by atoms with van der Waals surface area (Å²) >= 11 is 0. The lowest BCUT2D eigenvalue weighted by Crippen LogP contribution is -2.14. The molecule has 6 heteroatoms. The molecule has 0 fully saturated rings. The van der Waals surface area contributed by atoms with Gasteiger partial charge in [-0.25, -0.2) is 9.55 Å². The van der Waals surface area contributed by atoms with E-state index in [1.54, 1.807) is 0 Å². The predicted octanol–water partition coefficient (Wildman–Crippen LogP) is 0.481. The third-order valence-corrected chi connectivity index (χ3v) is 1.54. The minimum absolute atomic E-state index is 0.248. The summed E-state index contributed by atoms with van der Waals surface area (Å²) in [5.41, 5.74) is 0. The van der Waals surface area contributed by atoms with Crippen molar-refractivity contribution in [3.05, 3.63) is 22.1 Å². The number of rotatable bonds is 3. The molecule has 0 radical (unpaired) electrons. The molecule has 1 N–H and O–H groups in total. The molecule has 0 saturated carbocycles. The van der Waals surface area contributed by atoms with E-state index in [0.29, 0.717) is 0 Å². The number of nitro groups is 1. The van der Waals surface area contributed by atoms with Crippen molar-refractivity contribution in [3.8, 4) is 0 Å². The van der Waals surface area contributed by atoms with Gasteiger partial charge in [0.15, 0.2) is 5.82 Å². The van der Waals surface area contributed by atoms with Gasteiger partial charge < -0.3 is 15.2 Å². The lowest BCUT2D eigenvalue weighted by Gasteiger charge is -2.04. The summed E-state index contributed by atoms with van der Waals surface area (Å²) in [6.45, 7) is -0.882. The fourth-order valence-electron chi connectivity index (χ4n) is 0.959. The molecule has 0 aromatic carbocycles. The molecule has 6 nitrogen and oxygen atoms in total. The van der Waals surface area contributed by atoms with E-state index in [1.807, 2.05) is 0 Å². The molecule has 1 aromatic rings. The first-order valence-corrected chi connectivity index (χ1v) is 3.49. The molecule has 1 rings (SSSR count). The summed E-state index contributed by atoms with van der Waals surface area (Å²) < 4.78 is 22.2. The maximum atomic E-state index is 10.6. The second-order valence-electron chi connectivity index (χ2n) is 2.50. The summed E-state index contributed by atoms with van der Waals surface area (Å²) in [6, 6.07) is 0. The molecule has 0 aliphatic carbocycles. The topological polar surface area (TPSA) is 81.2 Å². The Bertz CT molecular complexity index is 405. The summed E-state index contributed by atoms with van der Waals surface area (Å²) in [5, 5.41) is 20.0. The highest BCUT2D eigenvalue weighted by Gasteiger charge is 2.18. The van der Waals surface area contributed by atoms with E-state index in [2.05, 4.69) is 4.98 Å². The Morgan fingerprint density at radius 2 is 2.77 bits per heavy atom. The van der Waals surface area contributed by atoms with Crippen LogP contribution in [-0.4, -0.2) is 25.7 Å². The van der Waals surface area contributed by atoms with Crippen molar-refractivity contribution in [1.82, 2.24) is 9.55 Å². The van der Waals surface area contributed by atoms with Crippen LogP contribution >= 0.6 is 0 Å². The molecule has 13 heavy (non-hydrogen) atoms. The Morgan fingerprint density at radius 1 is 2.08 bits per heavy atom. The monoisotopic (exact) mass is 188 g/mol. The van der Waals surface area contributed by atoms with Crippen molar-refractivity contribution in [2.75, 3.05) is 0 Å². The smallest absolute Gasteiger partial charge is 0.342 e. The first-order valence-electron chi connectivity index (χ1n) is 5.14. The largest absolute Gasteiger partial charge is 0.389 e. The normalized spacial score (nSPS) is 18.8. The SMILES string of the molecule is [2H]C([2H])C([2H])(O)Cn1c([N+](=O)[O-])cnc1C. The second kappa shape index (κ2) is 3.53. The minimum Gasteiger partial charge on any atom is -0.389 e. The van der Waals surface area contributed by atoms with Crippen molar-refractivity contribution in [2.24, 2.45) is 0 Å². The zero-order chi connectivity index (χ0) is 12.5. The van der Waals surface area contributed by atoms with Crippen molar-refractivity contribution in [2.45, 2.75) is 26.4 Å². The van der Waals surface area contributed by atoms with Crippen LogP contribution in [0.2, 0.25) is 0 Å². The Kier molecular flexibility index (Phi) is 1.65. The highest BCUT2D eigenvalue weighted by Crippen LogP contribution is 2.13. The number of aromatic nitrogens is 2. The van der Waals surface area contributed by atoms with E-state index in [9.17, 15) is 15.2 Å². The van der Waals surface area contributed by atoms with Crippen LogP contribution in [0.3, 0.4) is 0 Å². The average Bonchev–Trinajstić information content (AvgIpc) is 2.47. The highest BCUT2D eigenvalue weighted by atomic mass is 16.6. The Hall–Kier alpha value is -1.43. The summed E-state index contributed by atoms with van der Waals surface area (Å²) in [5.74, 6) is -0.123. The van der Waals surface area contributed by atoms with Gasteiger partial charge in [-0.05, 0) is 11.8 Å². The third-order valence-electron chi connectivity index (χ3n) is 1.54.